The predicted molar refractivity (Wildman–Crippen MR) is 78.2 cm³/mol. The van der Waals surface area contributed by atoms with Gasteiger partial charge in [0.25, 0.3) is 0 Å². The fourth-order valence-corrected chi connectivity index (χ4v) is 3.65. The Morgan fingerprint density at radius 3 is 2.00 bits per heavy atom. The Morgan fingerprint density at radius 2 is 1.60 bits per heavy atom. The van der Waals surface area contributed by atoms with Crippen LogP contribution in [0.4, 0.5) is 0 Å². The average molecular weight is 299 g/mol. The van der Waals surface area contributed by atoms with Gasteiger partial charge in [0, 0.05) is 13.1 Å². The lowest BCUT2D eigenvalue weighted by Gasteiger charge is -2.21. The molecule has 0 bridgehead atoms. The first-order valence-corrected chi connectivity index (χ1v) is 8.31. The van der Waals surface area contributed by atoms with Crippen molar-refractivity contribution in [1.29, 1.82) is 0 Å². The Hall–Kier alpha value is -1.40. The topological polar surface area (TPSA) is 74.7 Å². The molecule has 112 valence electrons. The van der Waals surface area contributed by atoms with Crippen molar-refractivity contribution in [1.82, 2.24) is 4.31 Å². The first-order valence-electron chi connectivity index (χ1n) is 6.70. The summed E-state index contributed by atoms with van der Waals surface area (Å²) in [4.78, 5) is 10.7. The van der Waals surface area contributed by atoms with Crippen LogP contribution in [0.25, 0.3) is 0 Å². The summed E-state index contributed by atoms with van der Waals surface area (Å²) in [5.41, 5.74) is 0.761. The van der Waals surface area contributed by atoms with Gasteiger partial charge in [-0.3, -0.25) is 0 Å². The minimum Gasteiger partial charge on any atom is -0.478 e. The molecule has 0 fully saturated rings. The maximum atomic E-state index is 12.3. The van der Waals surface area contributed by atoms with Crippen molar-refractivity contribution >= 4 is 16.0 Å². The van der Waals surface area contributed by atoms with E-state index in [0.29, 0.717) is 18.7 Å². The first kappa shape index (κ1) is 16.7. The summed E-state index contributed by atoms with van der Waals surface area (Å²) < 4.78 is 26.1. The Bertz CT molecular complexity index is 531. The van der Waals surface area contributed by atoms with E-state index in [-0.39, 0.29) is 11.3 Å². The molecule has 0 aliphatic rings. The molecule has 1 aromatic carbocycles. The molecule has 1 rings (SSSR count). The second-order valence-corrected chi connectivity index (χ2v) is 6.63. The van der Waals surface area contributed by atoms with E-state index >= 15 is 0 Å². The third-order valence-corrected chi connectivity index (χ3v) is 4.74. The first-order chi connectivity index (χ1) is 9.40. The number of aromatic carboxylic acids is 1. The molecule has 0 spiro atoms. The van der Waals surface area contributed by atoms with E-state index in [1.165, 1.54) is 16.4 Å². The SMILES string of the molecule is CCCN(CCC)S(=O)(=O)Cc1ccc(C(=O)O)cc1. The highest BCUT2D eigenvalue weighted by molar-refractivity contribution is 7.88. The number of carbonyl (C=O) groups is 1. The maximum Gasteiger partial charge on any atom is 0.335 e. The van der Waals surface area contributed by atoms with E-state index in [1.54, 1.807) is 12.1 Å². The molecule has 1 N–H and O–H groups in total. The van der Waals surface area contributed by atoms with Crippen LogP contribution in [-0.2, 0) is 15.8 Å². The van der Waals surface area contributed by atoms with Gasteiger partial charge < -0.3 is 5.11 Å². The number of carboxylic acid groups (broad SMARTS) is 1. The Morgan fingerprint density at radius 1 is 1.10 bits per heavy atom. The second kappa shape index (κ2) is 7.40. The Balaban J connectivity index is 2.86. The molecule has 0 heterocycles. The van der Waals surface area contributed by atoms with Crippen LogP contribution in [-0.4, -0.2) is 36.9 Å². The fourth-order valence-electron chi connectivity index (χ4n) is 1.93. The zero-order valence-electron chi connectivity index (χ0n) is 11.9. The Labute approximate surface area is 120 Å². The van der Waals surface area contributed by atoms with Crippen molar-refractivity contribution in [3.8, 4) is 0 Å². The van der Waals surface area contributed by atoms with Gasteiger partial charge in [-0.2, -0.15) is 0 Å². The van der Waals surface area contributed by atoms with Crippen molar-refractivity contribution in [2.24, 2.45) is 0 Å². The number of nitrogens with zero attached hydrogens (tertiary/aromatic N) is 1. The van der Waals surface area contributed by atoms with Crippen LogP contribution in [0.2, 0.25) is 0 Å². The quantitative estimate of drug-likeness (QED) is 0.799. The van der Waals surface area contributed by atoms with Gasteiger partial charge in [-0.1, -0.05) is 26.0 Å². The van der Waals surface area contributed by atoms with Gasteiger partial charge in [0.15, 0.2) is 0 Å². The van der Waals surface area contributed by atoms with Crippen LogP contribution >= 0.6 is 0 Å². The van der Waals surface area contributed by atoms with E-state index in [4.69, 9.17) is 5.11 Å². The number of hydrogen-bond donors (Lipinski definition) is 1. The molecule has 0 aliphatic heterocycles. The molecular formula is C14H21NO4S. The van der Waals surface area contributed by atoms with Crippen molar-refractivity contribution in [3.05, 3.63) is 35.4 Å². The van der Waals surface area contributed by atoms with Crippen LogP contribution in [0.5, 0.6) is 0 Å². The predicted octanol–water partition coefficient (Wildman–Crippen LogP) is 2.34. The largest absolute Gasteiger partial charge is 0.478 e. The van der Waals surface area contributed by atoms with Crippen LogP contribution < -0.4 is 0 Å². The van der Waals surface area contributed by atoms with Gasteiger partial charge in [0.1, 0.15) is 0 Å². The van der Waals surface area contributed by atoms with Gasteiger partial charge in [-0.25, -0.2) is 17.5 Å². The number of hydrogen-bond acceptors (Lipinski definition) is 3. The maximum absolute atomic E-state index is 12.3. The smallest absolute Gasteiger partial charge is 0.335 e. The lowest BCUT2D eigenvalue weighted by atomic mass is 10.1. The van der Waals surface area contributed by atoms with E-state index < -0.39 is 16.0 Å². The van der Waals surface area contributed by atoms with Gasteiger partial charge >= 0.3 is 5.97 Å². The molecular weight excluding hydrogens is 278 g/mol. The monoisotopic (exact) mass is 299 g/mol. The highest BCUT2D eigenvalue weighted by atomic mass is 32.2. The molecule has 0 aliphatic carbocycles. The molecule has 20 heavy (non-hydrogen) atoms. The summed E-state index contributed by atoms with van der Waals surface area (Å²) >= 11 is 0. The summed E-state index contributed by atoms with van der Waals surface area (Å²) in [6.07, 6.45) is 1.55. The molecule has 5 nitrogen and oxygen atoms in total. The minimum absolute atomic E-state index is 0.0904. The third-order valence-electron chi connectivity index (χ3n) is 2.89. The molecule has 0 unspecified atom stereocenters. The zero-order valence-corrected chi connectivity index (χ0v) is 12.7. The van der Waals surface area contributed by atoms with Crippen molar-refractivity contribution in [2.45, 2.75) is 32.4 Å². The molecule has 0 amide bonds. The van der Waals surface area contributed by atoms with Crippen LogP contribution in [0, 0.1) is 0 Å². The van der Waals surface area contributed by atoms with Crippen LogP contribution in [0.1, 0.15) is 42.6 Å². The molecule has 0 atom stereocenters. The van der Waals surface area contributed by atoms with Crippen molar-refractivity contribution < 1.29 is 18.3 Å². The third kappa shape index (κ3) is 4.61. The van der Waals surface area contributed by atoms with Crippen molar-refractivity contribution in [2.75, 3.05) is 13.1 Å². The molecule has 0 radical (unpaired) electrons. The lowest BCUT2D eigenvalue weighted by molar-refractivity contribution is 0.0697. The number of rotatable bonds is 8. The lowest BCUT2D eigenvalue weighted by Crippen LogP contribution is -2.33. The summed E-state index contributed by atoms with van der Waals surface area (Å²) in [6, 6.07) is 5.96. The van der Waals surface area contributed by atoms with E-state index in [0.717, 1.165) is 12.8 Å². The highest BCUT2D eigenvalue weighted by Gasteiger charge is 2.20. The Kier molecular flexibility index (Phi) is 6.16. The standard InChI is InChI=1S/C14H21NO4S/c1-3-9-15(10-4-2)20(18,19)11-12-5-7-13(8-6-12)14(16)17/h5-8H,3-4,9-11H2,1-2H3,(H,16,17). The van der Waals surface area contributed by atoms with Crippen LogP contribution in [0.3, 0.4) is 0 Å². The normalized spacial score (nSPS) is 11.8. The molecule has 0 saturated carbocycles. The highest BCUT2D eigenvalue weighted by Crippen LogP contribution is 2.13. The number of sulfonamides is 1. The average Bonchev–Trinajstić information content (AvgIpc) is 2.38. The summed E-state index contributed by atoms with van der Waals surface area (Å²) in [5.74, 6) is -1.11. The van der Waals surface area contributed by atoms with Crippen molar-refractivity contribution in [3.63, 3.8) is 0 Å². The zero-order chi connectivity index (χ0) is 15.2. The van der Waals surface area contributed by atoms with E-state index in [1.807, 2.05) is 13.8 Å². The van der Waals surface area contributed by atoms with Gasteiger partial charge in [-0.05, 0) is 30.5 Å². The number of carboxylic acids is 1. The second-order valence-electron chi connectivity index (χ2n) is 4.66. The molecule has 1 aromatic rings. The minimum atomic E-state index is -3.35. The summed E-state index contributed by atoms with van der Waals surface area (Å²) in [5, 5.41) is 8.81. The van der Waals surface area contributed by atoms with E-state index in [2.05, 4.69) is 0 Å². The summed E-state index contributed by atoms with van der Waals surface area (Å²) in [6.45, 7) is 4.92. The van der Waals surface area contributed by atoms with E-state index in [9.17, 15) is 13.2 Å². The molecule has 0 saturated heterocycles. The molecule has 0 aromatic heterocycles. The van der Waals surface area contributed by atoms with Crippen LogP contribution in [0.15, 0.2) is 24.3 Å². The van der Waals surface area contributed by atoms with Gasteiger partial charge in [0.2, 0.25) is 10.0 Å². The summed E-state index contributed by atoms with van der Waals surface area (Å²) in [7, 11) is -3.35. The number of benzene rings is 1. The van der Waals surface area contributed by atoms with Gasteiger partial charge in [-0.15, -0.1) is 0 Å². The molecule has 6 heteroatoms. The fraction of sp³-hybridized carbons (Fsp3) is 0.500. The van der Waals surface area contributed by atoms with Gasteiger partial charge in [0.05, 0.1) is 11.3 Å².